The van der Waals surface area contributed by atoms with Crippen molar-refractivity contribution >= 4 is 22.5 Å². The number of thiazole rings is 1. The molecule has 1 aromatic carbocycles. The minimum atomic E-state index is 0.461. The predicted octanol–water partition coefficient (Wildman–Crippen LogP) is 5.13. The van der Waals surface area contributed by atoms with Crippen LogP contribution in [-0.2, 0) is 19.3 Å². The van der Waals surface area contributed by atoms with Crippen LogP contribution in [0.4, 0.5) is 0 Å². The van der Waals surface area contributed by atoms with Crippen LogP contribution >= 0.6 is 11.3 Å². The van der Waals surface area contributed by atoms with E-state index in [-0.39, 0.29) is 0 Å². The largest absolute Gasteiger partial charge is 0.281 e. The van der Waals surface area contributed by atoms with Crippen LogP contribution in [0.15, 0.2) is 47.0 Å². The highest BCUT2D eigenvalue weighted by Gasteiger charge is 2.16. The number of nitrogens with zero attached hydrogens (tertiary/aromatic N) is 7. The highest BCUT2D eigenvalue weighted by atomic mass is 32.1. The molecule has 3 heterocycles. The van der Waals surface area contributed by atoms with Crippen molar-refractivity contribution in [2.24, 2.45) is 5.11 Å². The third-order valence-electron chi connectivity index (χ3n) is 4.81. The van der Waals surface area contributed by atoms with Crippen LogP contribution in [0.1, 0.15) is 27.7 Å². The van der Waals surface area contributed by atoms with Gasteiger partial charge in [-0.2, -0.15) is 0 Å². The first-order chi connectivity index (χ1) is 14.2. The van der Waals surface area contributed by atoms with Crippen molar-refractivity contribution in [1.29, 1.82) is 0 Å². The van der Waals surface area contributed by atoms with Gasteiger partial charge in [0.2, 0.25) is 0 Å². The van der Waals surface area contributed by atoms with Crippen molar-refractivity contribution in [2.75, 3.05) is 6.54 Å². The monoisotopic (exact) mass is 403 g/mol. The molecule has 4 aromatic rings. The van der Waals surface area contributed by atoms with Crippen molar-refractivity contribution < 1.29 is 0 Å². The SMILES string of the molecule is Cc1cc(C)c2nc(CCc3nccs3)n(-c3ccc(CCN=[N+]=[N-])cc3)c2n1. The topological polar surface area (TPSA) is 92.4 Å². The smallest absolute Gasteiger partial charge is 0.165 e. The number of aryl methyl sites for hydroxylation is 4. The lowest BCUT2D eigenvalue weighted by atomic mass is 10.1. The lowest BCUT2D eigenvalue weighted by molar-refractivity contribution is 0.829. The summed E-state index contributed by atoms with van der Waals surface area (Å²) in [4.78, 5) is 16.9. The number of fused-ring (bicyclic) bond motifs is 1. The van der Waals surface area contributed by atoms with Crippen LogP contribution in [0.25, 0.3) is 27.3 Å². The molecule has 146 valence electrons. The molecular formula is C21H21N7S. The zero-order chi connectivity index (χ0) is 20.2. The summed E-state index contributed by atoms with van der Waals surface area (Å²) >= 11 is 1.67. The summed E-state index contributed by atoms with van der Waals surface area (Å²) in [5, 5.41) is 6.72. The highest BCUT2D eigenvalue weighted by molar-refractivity contribution is 7.09. The molecule has 0 aliphatic heterocycles. The van der Waals surface area contributed by atoms with E-state index in [0.29, 0.717) is 6.54 Å². The first-order valence-corrected chi connectivity index (χ1v) is 10.4. The Morgan fingerprint density at radius 2 is 1.93 bits per heavy atom. The fourth-order valence-electron chi connectivity index (χ4n) is 3.48. The summed E-state index contributed by atoms with van der Waals surface area (Å²) in [6.45, 7) is 4.55. The third-order valence-corrected chi connectivity index (χ3v) is 5.65. The molecule has 0 atom stereocenters. The van der Waals surface area contributed by atoms with Crippen LogP contribution < -0.4 is 0 Å². The van der Waals surface area contributed by atoms with E-state index < -0.39 is 0 Å². The molecule has 7 nitrogen and oxygen atoms in total. The van der Waals surface area contributed by atoms with Gasteiger partial charge in [0.15, 0.2) is 5.65 Å². The molecule has 0 unspecified atom stereocenters. The molecule has 0 radical (unpaired) electrons. The number of pyridine rings is 1. The van der Waals surface area contributed by atoms with E-state index in [9.17, 15) is 0 Å². The van der Waals surface area contributed by atoms with Crippen LogP contribution in [0.3, 0.4) is 0 Å². The summed E-state index contributed by atoms with van der Waals surface area (Å²) < 4.78 is 2.15. The van der Waals surface area contributed by atoms with Crippen LogP contribution in [0.5, 0.6) is 0 Å². The molecule has 29 heavy (non-hydrogen) atoms. The van der Waals surface area contributed by atoms with Crippen molar-refractivity contribution in [1.82, 2.24) is 19.5 Å². The van der Waals surface area contributed by atoms with Gasteiger partial charge in [0.25, 0.3) is 0 Å². The first-order valence-electron chi connectivity index (χ1n) is 9.50. The molecule has 0 aliphatic carbocycles. The van der Waals surface area contributed by atoms with Gasteiger partial charge in [0.05, 0.1) is 5.01 Å². The van der Waals surface area contributed by atoms with Gasteiger partial charge in [0.1, 0.15) is 11.3 Å². The fourth-order valence-corrected chi connectivity index (χ4v) is 4.10. The minimum Gasteiger partial charge on any atom is -0.281 e. The second-order valence-electron chi connectivity index (χ2n) is 6.91. The van der Waals surface area contributed by atoms with E-state index in [1.807, 2.05) is 18.5 Å². The number of imidazole rings is 1. The summed E-state index contributed by atoms with van der Waals surface area (Å²) in [5.74, 6) is 0.984. The van der Waals surface area contributed by atoms with E-state index in [1.54, 1.807) is 11.3 Å². The Hall–Kier alpha value is -3.22. The summed E-state index contributed by atoms with van der Waals surface area (Å²) in [6, 6.07) is 10.4. The maximum absolute atomic E-state index is 8.45. The number of benzene rings is 1. The molecule has 4 rings (SSSR count). The van der Waals surface area contributed by atoms with Gasteiger partial charge in [-0.25, -0.2) is 15.0 Å². The second-order valence-corrected chi connectivity index (χ2v) is 7.89. The molecular weight excluding hydrogens is 382 g/mol. The van der Waals surface area contributed by atoms with Gasteiger partial charge in [-0.1, -0.05) is 17.2 Å². The van der Waals surface area contributed by atoms with Crippen LogP contribution in [0, 0.1) is 13.8 Å². The maximum Gasteiger partial charge on any atom is 0.165 e. The number of rotatable bonds is 7. The van der Waals surface area contributed by atoms with Gasteiger partial charge in [0, 0.05) is 47.3 Å². The van der Waals surface area contributed by atoms with Crippen LogP contribution in [0.2, 0.25) is 0 Å². The lowest BCUT2D eigenvalue weighted by Crippen LogP contribution is -2.04. The first kappa shape index (κ1) is 19.1. The van der Waals surface area contributed by atoms with Crippen molar-refractivity contribution in [3.63, 3.8) is 0 Å². The summed E-state index contributed by atoms with van der Waals surface area (Å²) in [6.07, 6.45) is 4.21. The minimum absolute atomic E-state index is 0.461. The number of hydrogen-bond acceptors (Lipinski definition) is 5. The molecule has 0 N–H and O–H groups in total. The standard InChI is InChI=1S/C21H21N7S/c1-14-13-15(2)25-21-20(14)26-18(7-8-19-23-11-12-29-19)28(21)17-5-3-16(4-6-17)9-10-24-27-22/h3-6,11-13H,7-10H2,1-2H3. The Balaban J connectivity index is 1.74. The normalized spacial score (nSPS) is 11.0. The van der Waals surface area contributed by atoms with Crippen molar-refractivity contribution in [3.8, 4) is 5.69 Å². The molecule has 0 saturated carbocycles. The highest BCUT2D eigenvalue weighted by Crippen LogP contribution is 2.25. The Labute approximate surface area is 172 Å². The van der Waals surface area contributed by atoms with Gasteiger partial charge in [-0.3, -0.25) is 4.57 Å². The fraction of sp³-hybridized carbons (Fsp3) is 0.286. The molecule has 0 spiro atoms. The molecule has 0 aliphatic rings. The second kappa shape index (κ2) is 8.43. The zero-order valence-corrected chi connectivity index (χ0v) is 17.2. The van der Waals surface area contributed by atoms with Gasteiger partial charge in [-0.15, -0.1) is 11.3 Å². The Morgan fingerprint density at radius 3 is 2.66 bits per heavy atom. The maximum atomic E-state index is 8.45. The van der Waals surface area contributed by atoms with E-state index >= 15 is 0 Å². The summed E-state index contributed by atoms with van der Waals surface area (Å²) in [5.41, 5.74) is 14.6. The van der Waals surface area contributed by atoms with E-state index in [0.717, 1.165) is 63.8 Å². The number of aromatic nitrogens is 4. The molecule has 0 fully saturated rings. The molecule has 0 amide bonds. The Kier molecular flexibility index (Phi) is 5.55. The van der Waals surface area contributed by atoms with Gasteiger partial charge in [-0.05, 0) is 55.1 Å². The summed E-state index contributed by atoms with van der Waals surface area (Å²) in [7, 11) is 0. The predicted molar refractivity (Wildman–Crippen MR) is 116 cm³/mol. The number of hydrogen-bond donors (Lipinski definition) is 0. The van der Waals surface area contributed by atoms with Crippen molar-refractivity contribution in [2.45, 2.75) is 33.1 Å². The van der Waals surface area contributed by atoms with Crippen LogP contribution in [-0.4, -0.2) is 26.1 Å². The van der Waals surface area contributed by atoms with Gasteiger partial charge < -0.3 is 0 Å². The van der Waals surface area contributed by atoms with E-state index in [1.165, 1.54) is 0 Å². The molecule has 3 aromatic heterocycles. The Bertz CT molecular complexity index is 1170. The van der Waals surface area contributed by atoms with Gasteiger partial charge >= 0.3 is 0 Å². The lowest BCUT2D eigenvalue weighted by Gasteiger charge is -2.10. The van der Waals surface area contributed by atoms with E-state index in [2.05, 4.69) is 56.8 Å². The Morgan fingerprint density at radius 1 is 1.10 bits per heavy atom. The molecule has 0 saturated heterocycles. The van der Waals surface area contributed by atoms with E-state index in [4.69, 9.17) is 15.5 Å². The molecule has 0 bridgehead atoms. The zero-order valence-electron chi connectivity index (χ0n) is 16.4. The average Bonchev–Trinajstić information content (AvgIpc) is 3.35. The number of azide groups is 1. The average molecular weight is 404 g/mol. The molecule has 8 heteroatoms. The quantitative estimate of drug-likeness (QED) is 0.243. The van der Waals surface area contributed by atoms with Crippen molar-refractivity contribution in [3.05, 3.63) is 80.0 Å². The third kappa shape index (κ3) is 4.13.